The summed E-state index contributed by atoms with van der Waals surface area (Å²) in [6, 6.07) is 6.98. The largest absolute Gasteiger partial charge is 0.384 e. The van der Waals surface area contributed by atoms with E-state index in [9.17, 15) is 8.42 Å². The fourth-order valence-corrected chi connectivity index (χ4v) is 3.19. The van der Waals surface area contributed by atoms with Crippen LogP contribution in [0.4, 0.5) is 5.69 Å². The zero-order chi connectivity index (χ0) is 13.7. The van der Waals surface area contributed by atoms with Gasteiger partial charge in [0, 0.05) is 6.54 Å². The lowest BCUT2D eigenvalue weighted by molar-refractivity contribution is 0.588. The highest BCUT2D eigenvalue weighted by atomic mass is 32.2. The predicted molar refractivity (Wildman–Crippen MR) is 77.7 cm³/mol. The minimum atomic E-state index is -3.41. The molecule has 19 heavy (non-hydrogen) atoms. The lowest BCUT2D eigenvalue weighted by Gasteiger charge is -2.12. The first-order valence-corrected chi connectivity index (χ1v) is 8.06. The molecule has 0 heterocycles. The summed E-state index contributed by atoms with van der Waals surface area (Å²) in [6.45, 7) is 0.766. The van der Waals surface area contributed by atoms with Crippen molar-refractivity contribution in [3.8, 4) is 0 Å². The molecule has 0 amide bonds. The third-order valence-electron chi connectivity index (χ3n) is 3.34. The van der Waals surface area contributed by atoms with Gasteiger partial charge in [0.2, 0.25) is 10.0 Å². The number of hydrogen-bond donors (Lipinski definition) is 2. The van der Waals surface area contributed by atoms with Crippen LogP contribution in [-0.4, -0.2) is 22.0 Å². The molecule has 0 aromatic heterocycles. The van der Waals surface area contributed by atoms with E-state index in [1.807, 2.05) is 6.07 Å². The summed E-state index contributed by atoms with van der Waals surface area (Å²) < 4.78 is 26.1. The molecule has 0 bridgehead atoms. The van der Waals surface area contributed by atoms with Crippen molar-refractivity contribution >= 4 is 15.7 Å². The molecule has 0 spiro atoms. The Kier molecular flexibility index (Phi) is 4.61. The molecule has 5 heteroatoms. The van der Waals surface area contributed by atoms with E-state index < -0.39 is 10.0 Å². The Hall–Kier alpha value is -1.33. The Morgan fingerprint density at radius 3 is 2.74 bits per heavy atom. The molecular formula is C14H20N2O2S. The van der Waals surface area contributed by atoms with Crippen molar-refractivity contribution in [1.29, 1.82) is 0 Å². The van der Waals surface area contributed by atoms with E-state index >= 15 is 0 Å². The second-order valence-corrected chi connectivity index (χ2v) is 6.49. The SMILES string of the molecule is CNS(=O)(=O)c1ccccc1NCCC1=CCCC1. The number of rotatable bonds is 6. The number of sulfonamides is 1. The number of para-hydroxylation sites is 1. The molecule has 0 saturated heterocycles. The standard InChI is InChI=1S/C14H20N2O2S/c1-15-19(17,18)14-9-5-4-8-13(14)16-11-10-12-6-2-3-7-12/h4-6,8-9,15-16H,2-3,7,10-11H2,1H3. The second-order valence-electron chi connectivity index (χ2n) is 4.64. The van der Waals surface area contributed by atoms with Crippen LogP contribution in [0, 0.1) is 0 Å². The summed E-state index contributed by atoms with van der Waals surface area (Å²) in [7, 11) is -1.98. The van der Waals surface area contributed by atoms with E-state index in [2.05, 4.69) is 16.1 Å². The lowest BCUT2D eigenvalue weighted by atomic mass is 10.1. The maximum absolute atomic E-state index is 11.9. The van der Waals surface area contributed by atoms with E-state index in [1.54, 1.807) is 18.2 Å². The van der Waals surface area contributed by atoms with Gasteiger partial charge in [0.15, 0.2) is 0 Å². The number of hydrogen-bond acceptors (Lipinski definition) is 3. The molecular weight excluding hydrogens is 260 g/mol. The van der Waals surface area contributed by atoms with Gasteiger partial charge in [-0.05, 0) is 44.9 Å². The van der Waals surface area contributed by atoms with Crippen LogP contribution in [0.1, 0.15) is 25.7 Å². The molecule has 0 atom stereocenters. The molecule has 2 rings (SSSR count). The van der Waals surface area contributed by atoms with Crippen molar-refractivity contribution in [2.45, 2.75) is 30.6 Å². The smallest absolute Gasteiger partial charge is 0.242 e. The summed E-state index contributed by atoms with van der Waals surface area (Å²) in [4.78, 5) is 0.304. The van der Waals surface area contributed by atoms with E-state index in [0.29, 0.717) is 10.6 Å². The van der Waals surface area contributed by atoms with Gasteiger partial charge >= 0.3 is 0 Å². The summed E-state index contributed by atoms with van der Waals surface area (Å²) in [5, 5.41) is 3.22. The van der Waals surface area contributed by atoms with Gasteiger partial charge < -0.3 is 5.32 Å². The topological polar surface area (TPSA) is 58.2 Å². The molecule has 1 aliphatic carbocycles. The fourth-order valence-electron chi connectivity index (χ4n) is 2.28. The first-order chi connectivity index (χ1) is 9.13. The normalized spacial score (nSPS) is 15.3. The maximum Gasteiger partial charge on any atom is 0.242 e. The lowest BCUT2D eigenvalue weighted by Crippen LogP contribution is -2.20. The first-order valence-electron chi connectivity index (χ1n) is 6.58. The minimum Gasteiger partial charge on any atom is -0.384 e. The number of anilines is 1. The Labute approximate surface area is 115 Å². The van der Waals surface area contributed by atoms with Crippen molar-refractivity contribution < 1.29 is 8.42 Å². The fraction of sp³-hybridized carbons (Fsp3) is 0.429. The highest BCUT2D eigenvalue weighted by Crippen LogP contribution is 2.23. The van der Waals surface area contributed by atoms with Crippen molar-refractivity contribution in [2.24, 2.45) is 0 Å². The highest BCUT2D eigenvalue weighted by molar-refractivity contribution is 7.89. The highest BCUT2D eigenvalue weighted by Gasteiger charge is 2.15. The molecule has 1 aromatic rings. The van der Waals surface area contributed by atoms with Crippen LogP contribution in [0.25, 0.3) is 0 Å². The van der Waals surface area contributed by atoms with Gasteiger partial charge in [0.05, 0.1) is 5.69 Å². The van der Waals surface area contributed by atoms with Crippen LogP contribution in [0.15, 0.2) is 40.8 Å². The van der Waals surface area contributed by atoms with E-state index in [-0.39, 0.29) is 0 Å². The Bertz CT molecular complexity index is 565. The monoisotopic (exact) mass is 280 g/mol. The molecule has 2 N–H and O–H groups in total. The molecule has 0 fully saturated rings. The van der Waals surface area contributed by atoms with Crippen LogP contribution in [-0.2, 0) is 10.0 Å². The number of nitrogens with one attached hydrogen (secondary N) is 2. The van der Waals surface area contributed by atoms with Gasteiger partial charge in [-0.25, -0.2) is 13.1 Å². The zero-order valence-corrected chi connectivity index (χ0v) is 12.0. The average Bonchev–Trinajstić information content (AvgIpc) is 2.92. The number of allylic oxidation sites excluding steroid dienone is 1. The average molecular weight is 280 g/mol. The summed E-state index contributed by atoms with van der Waals surface area (Å²) >= 11 is 0. The Morgan fingerprint density at radius 2 is 2.05 bits per heavy atom. The molecule has 0 unspecified atom stereocenters. The molecule has 1 aromatic carbocycles. The van der Waals surface area contributed by atoms with Gasteiger partial charge in [-0.3, -0.25) is 0 Å². The van der Waals surface area contributed by atoms with Crippen molar-refractivity contribution in [1.82, 2.24) is 4.72 Å². The van der Waals surface area contributed by atoms with Crippen LogP contribution < -0.4 is 10.0 Å². The maximum atomic E-state index is 11.9. The Morgan fingerprint density at radius 1 is 1.26 bits per heavy atom. The molecule has 0 radical (unpaired) electrons. The molecule has 0 saturated carbocycles. The van der Waals surface area contributed by atoms with E-state index in [1.165, 1.54) is 31.9 Å². The van der Waals surface area contributed by atoms with Crippen molar-refractivity contribution in [3.63, 3.8) is 0 Å². The van der Waals surface area contributed by atoms with Crippen molar-refractivity contribution in [2.75, 3.05) is 18.9 Å². The summed E-state index contributed by atoms with van der Waals surface area (Å²) in [5.74, 6) is 0. The molecule has 1 aliphatic rings. The summed E-state index contributed by atoms with van der Waals surface area (Å²) in [5.41, 5.74) is 2.14. The van der Waals surface area contributed by atoms with Crippen LogP contribution in [0.5, 0.6) is 0 Å². The van der Waals surface area contributed by atoms with Gasteiger partial charge in [-0.15, -0.1) is 0 Å². The van der Waals surface area contributed by atoms with Gasteiger partial charge in [0.25, 0.3) is 0 Å². The third kappa shape index (κ3) is 3.58. The quantitative estimate of drug-likeness (QED) is 0.787. The van der Waals surface area contributed by atoms with Crippen LogP contribution in [0.2, 0.25) is 0 Å². The van der Waals surface area contributed by atoms with Crippen LogP contribution in [0.3, 0.4) is 0 Å². The summed E-state index contributed by atoms with van der Waals surface area (Å²) in [6.07, 6.45) is 6.88. The van der Waals surface area contributed by atoms with Gasteiger partial charge in [0.1, 0.15) is 4.90 Å². The third-order valence-corrected chi connectivity index (χ3v) is 4.81. The number of benzene rings is 1. The predicted octanol–water partition coefficient (Wildman–Crippen LogP) is 2.51. The van der Waals surface area contributed by atoms with Gasteiger partial charge in [-0.2, -0.15) is 0 Å². The van der Waals surface area contributed by atoms with Crippen LogP contribution >= 0.6 is 0 Å². The zero-order valence-electron chi connectivity index (χ0n) is 11.1. The second kappa shape index (κ2) is 6.21. The minimum absolute atomic E-state index is 0.304. The van der Waals surface area contributed by atoms with E-state index in [0.717, 1.165) is 13.0 Å². The van der Waals surface area contributed by atoms with Crippen molar-refractivity contribution in [3.05, 3.63) is 35.9 Å². The molecule has 104 valence electrons. The Balaban J connectivity index is 2.04. The first kappa shape index (κ1) is 14.1. The van der Waals surface area contributed by atoms with Gasteiger partial charge in [-0.1, -0.05) is 23.8 Å². The van der Waals surface area contributed by atoms with E-state index in [4.69, 9.17) is 0 Å². The molecule has 4 nitrogen and oxygen atoms in total. The molecule has 0 aliphatic heterocycles.